The van der Waals surface area contributed by atoms with Crippen LogP contribution in [0.3, 0.4) is 0 Å². The second-order valence-electron chi connectivity index (χ2n) is 9.02. The molecule has 1 aliphatic carbocycles. The van der Waals surface area contributed by atoms with Gasteiger partial charge in [-0.1, -0.05) is 20.3 Å². The number of carbonyl (C=O) groups excluding carboxylic acids is 1. The molecular weight excluding hydrogens is 408 g/mol. The highest BCUT2D eigenvalue weighted by Gasteiger charge is 2.31. The number of methoxy groups -OCH3 is 1. The summed E-state index contributed by atoms with van der Waals surface area (Å²) < 4.78 is 7.79. The summed E-state index contributed by atoms with van der Waals surface area (Å²) in [4.78, 5) is 14.9. The summed E-state index contributed by atoms with van der Waals surface area (Å²) >= 11 is 1.86. The van der Waals surface area contributed by atoms with Crippen molar-refractivity contribution in [1.29, 1.82) is 0 Å². The molecule has 1 N–H and O–H groups in total. The molecule has 5 nitrogen and oxygen atoms in total. The lowest BCUT2D eigenvalue weighted by Gasteiger charge is -2.30. The number of aliphatic hydroxyl groups excluding tert-OH is 1. The van der Waals surface area contributed by atoms with Crippen LogP contribution in [0.4, 0.5) is 0 Å². The summed E-state index contributed by atoms with van der Waals surface area (Å²) in [5.74, 6) is 2.42. The number of hydrogen-bond donors (Lipinski definition) is 1. The van der Waals surface area contributed by atoms with E-state index in [1.807, 2.05) is 18.0 Å². The third-order valence-electron chi connectivity index (χ3n) is 7.19. The number of fused-ring (bicyclic) bond motifs is 3. The molecule has 2 aliphatic rings. The van der Waals surface area contributed by atoms with Crippen molar-refractivity contribution in [3.05, 3.63) is 35.0 Å². The van der Waals surface area contributed by atoms with Crippen molar-refractivity contribution in [2.24, 2.45) is 11.8 Å². The van der Waals surface area contributed by atoms with Crippen LogP contribution < -0.4 is 0 Å². The van der Waals surface area contributed by atoms with E-state index in [9.17, 15) is 9.90 Å². The smallest absolute Gasteiger partial charge is 0.253 e. The molecule has 31 heavy (non-hydrogen) atoms. The Labute approximate surface area is 190 Å². The third-order valence-corrected chi connectivity index (χ3v) is 8.13. The Balaban J connectivity index is 1.68. The molecule has 1 amide bonds. The average Bonchev–Trinajstić information content (AvgIpc) is 3.35. The van der Waals surface area contributed by atoms with Gasteiger partial charge in [0.05, 0.1) is 11.6 Å². The number of nitrogens with zero attached hydrogens (tertiary/aromatic N) is 2. The molecule has 1 saturated heterocycles. The molecular formula is C25H36N2O3S. The Hall–Kier alpha value is -1.50. The standard InChI is InChI=1S/C25H36N2O3S/c1-4-17(11-13-30-3)18-6-8-23-21(14-18)22-15-19(7-9-24(22)27(23)31-5-2)25(29)26-12-10-20(28)16-26/h7,9,15,17-18,20,28H,4-6,8,10-14,16H2,1-3H3. The van der Waals surface area contributed by atoms with Crippen LogP contribution in [0.1, 0.15) is 61.1 Å². The van der Waals surface area contributed by atoms with Gasteiger partial charge in [-0.05, 0) is 79.7 Å². The number of likely N-dealkylation sites (tertiary alicyclic amines) is 1. The van der Waals surface area contributed by atoms with Gasteiger partial charge in [0.2, 0.25) is 0 Å². The first-order valence-corrected chi connectivity index (χ1v) is 12.8. The zero-order chi connectivity index (χ0) is 22.0. The van der Waals surface area contributed by atoms with Gasteiger partial charge >= 0.3 is 0 Å². The number of carbonyl (C=O) groups is 1. The van der Waals surface area contributed by atoms with Gasteiger partial charge in [-0.2, -0.15) is 0 Å². The van der Waals surface area contributed by atoms with Gasteiger partial charge in [0, 0.05) is 49.2 Å². The van der Waals surface area contributed by atoms with Crippen LogP contribution >= 0.6 is 11.9 Å². The molecule has 1 aromatic carbocycles. The summed E-state index contributed by atoms with van der Waals surface area (Å²) in [6, 6.07) is 6.22. The predicted octanol–water partition coefficient (Wildman–Crippen LogP) is 4.53. The van der Waals surface area contributed by atoms with Crippen molar-refractivity contribution in [3.8, 4) is 0 Å². The van der Waals surface area contributed by atoms with E-state index in [1.54, 1.807) is 12.0 Å². The number of β-amino-alcohol motifs (C(OH)–C–C–N with tert-alkyl or cyclic N) is 1. The number of hydrogen-bond acceptors (Lipinski definition) is 4. The quantitative estimate of drug-likeness (QED) is 0.650. The lowest BCUT2D eigenvalue weighted by molar-refractivity contribution is 0.0765. The summed E-state index contributed by atoms with van der Waals surface area (Å²) in [5.41, 5.74) is 4.87. The summed E-state index contributed by atoms with van der Waals surface area (Å²) in [6.45, 7) is 6.41. The van der Waals surface area contributed by atoms with E-state index in [0.29, 0.717) is 31.3 Å². The van der Waals surface area contributed by atoms with E-state index in [-0.39, 0.29) is 12.0 Å². The molecule has 1 aromatic heterocycles. The fourth-order valence-corrected chi connectivity index (χ4v) is 6.42. The van der Waals surface area contributed by atoms with Crippen molar-refractivity contribution in [2.75, 3.05) is 32.6 Å². The van der Waals surface area contributed by atoms with Crippen LogP contribution in [0.2, 0.25) is 0 Å². The van der Waals surface area contributed by atoms with Crippen molar-refractivity contribution in [1.82, 2.24) is 8.87 Å². The molecule has 3 atom stereocenters. The van der Waals surface area contributed by atoms with Gasteiger partial charge in [0.25, 0.3) is 5.91 Å². The van der Waals surface area contributed by atoms with Gasteiger partial charge in [-0.25, -0.2) is 0 Å². The highest BCUT2D eigenvalue weighted by Crippen LogP contribution is 2.40. The number of benzene rings is 1. The van der Waals surface area contributed by atoms with Gasteiger partial charge in [-0.15, -0.1) is 0 Å². The van der Waals surface area contributed by atoms with Crippen LogP contribution in [-0.2, 0) is 17.6 Å². The summed E-state index contributed by atoms with van der Waals surface area (Å²) in [5, 5.41) is 11.1. The summed E-state index contributed by atoms with van der Waals surface area (Å²) in [7, 11) is 1.79. The lowest BCUT2D eigenvalue weighted by atomic mass is 9.76. The molecule has 0 bridgehead atoms. The molecule has 0 radical (unpaired) electrons. The maximum atomic E-state index is 13.1. The van der Waals surface area contributed by atoms with Crippen LogP contribution in [0.15, 0.2) is 18.2 Å². The minimum absolute atomic E-state index is 0.0435. The normalized spacial score (nSPS) is 22.1. The fraction of sp³-hybridized carbons (Fsp3) is 0.640. The molecule has 1 fully saturated rings. The Morgan fingerprint density at radius 3 is 2.84 bits per heavy atom. The maximum Gasteiger partial charge on any atom is 0.253 e. The van der Waals surface area contributed by atoms with Crippen molar-refractivity contribution >= 4 is 28.8 Å². The summed E-state index contributed by atoms with van der Waals surface area (Å²) in [6.07, 6.45) is 6.02. The SMILES string of the molecule is CCSn1c2c(c3cc(C(=O)N4CCC(O)C4)ccc31)CC(C(CC)CCOC)CC2. The van der Waals surface area contributed by atoms with E-state index < -0.39 is 0 Å². The van der Waals surface area contributed by atoms with E-state index in [4.69, 9.17) is 4.74 Å². The van der Waals surface area contributed by atoms with E-state index in [2.05, 4.69) is 30.0 Å². The lowest BCUT2D eigenvalue weighted by Crippen LogP contribution is -2.29. The van der Waals surface area contributed by atoms with Crippen molar-refractivity contribution < 1.29 is 14.6 Å². The fourth-order valence-electron chi connectivity index (χ4n) is 5.51. The third kappa shape index (κ3) is 4.53. The monoisotopic (exact) mass is 444 g/mol. The first-order chi connectivity index (χ1) is 15.1. The van der Waals surface area contributed by atoms with Crippen LogP contribution in [0, 0.1) is 11.8 Å². The first-order valence-electron chi connectivity index (χ1n) is 11.8. The Morgan fingerprint density at radius 2 is 2.16 bits per heavy atom. The molecule has 0 spiro atoms. The van der Waals surface area contributed by atoms with Crippen molar-refractivity contribution in [2.45, 2.75) is 58.5 Å². The first kappa shape index (κ1) is 22.7. The minimum atomic E-state index is -0.388. The Morgan fingerprint density at radius 1 is 1.32 bits per heavy atom. The molecule has 6 heteroatoms. The van der Waals surface area contributed by atoms with E-state index >= 15 is 0 Å². The second-order valence-corrected chi connectivity index (χ2v) is 10.2. The molecule has 1 aliphatic heterocycles. The van der Waals surface area contributed by atoms with Gasteiger partial charge in [0.1, 0.15) is 0 Å². The second kappa shape index (κ2) is 9.97. The highest BCUT2D eigenvalue weighted by atomic mass is 32.2. The molecule has 4 rings (SSSR count). The van der Waals surface area contributed by atoms with Crippen LogP contribution in [0.5, 0.6) is 0 Å². The van der Waals surface area contributed by atoms with Gasteiger partial charge < -0.3 is 14.7 Å². The van der Waals surface area contributed by atoms with Gasteiger partial charge in [-0.3, -0.25) is 8.77 Å². The van der Waals surface area contributed by atoms with Crippen LogP contribution in [0.25, 0.3) is 10.9 Å². The number of ether oxygens (including phenoxy) is 1. The molecule has 2 heterocycles. The topological polar surface area (TPSA) is 54.7 Å². The Bertz CT molecular complexity index is 925. The molecule has 0 saturated carbocycles. The average molecular weight is 445 g/mol. The Kier molecular flexibility index (Phi) is 7.29. The number of rotatable bonds is 8. The van der Waals surface area contributed by atoms with Crippen molar-refractivity contribution in [3.63, 3.8) is 0 Å². The number of amides is 1. The van der Waals surface area contributed by atoms with Crippen LogP contribution in [-0.4, -0.2) is 58.5 Å². The predicted molar refractivity (Wildman–Crippen MR) is 128 cm³/mol. The number of aliphatic hydroxyl groups is 1. The highest BCUT2D eigenvalue weighted by molar-refractivity contribution is 7.98. The largest absolute Gasteiger partial charge is 0.391 e. The van der Waals surface area contributed by atoms with E-state index in [0.717, 1.165) is 37.2 Å². The number of aromatic nitrogens is 1. The van der Waals surface area contributed by atoms with Gasteiger partial charge in [0.15, 0.2) is 0 Å². The molecule has 170 valence electrons. The zero-order valence-corrected chi connectivity index (χ0v) is 19.9. The molecule has 2 aromatic rings. The minimum Gasteiger partial charge on any atom is -0.391 e. The molecule has 3 unspecified atom stereocenters. The van der Waals surface area contributed by atoms with E-state index in [1.165, 1.54) is 35.0 Å². The maximum absolute atomic E-state index is 13.1. The zero-order valence-electron chi connectivity index (χ0n) is 19.1.